The molecule has 0 aliphatic carbocycles. The normalized spacial score (nSPS) is 22.1. The summed E-state index contributed by atoms with van der Waals surface area (Å²) in [5.41, 5.74) is 3.96. The third-order valence-corrected chi connectivity index (χ3v) is 7.42. The highest BCUT2D eigenvalue weighted by atomic mass is 35.5. The van der Waals surface area contributed by atoms with Crippen LogP contribution in [0.2, 0.25) is 5.02 Å². The summed E-state index contributed by atoms with van der Waals surface area (Å²) in [4.78, 5) is 15.2. The van der Waals surface area contributed by atoms with Crippen LogP contribution < -0.4 is 9.64 Å². The minimum Gasteiger partial charge on any atom is -0.480 e. The monoisotopic (exact) mass is 505 g/mol. The van der Waals surface area contributed by atoms with Gasteiger partial charge in [0.25, 0.3) is 0 Å². The molecule has 3 atom stereocenters. The van der Waals surface area contributed by atoms with E-state index in [1.807, 2.05) is 96.1 Å². The Morgan fingerprint density at radius 3 is 2.33 bits per heavy atom. The molecule has 5 rings (SSSR count). The van der Waals surface area contributed by atoms with Crippen LogP contribution in [0.4, 0.5) is 10.5 Å². The maximum absolute atomic E-state index is 13.5. The first-order valence-corrected chi connectivity index (χ1v) is 12.7. The zero-order valence-corrected chi connectivity index (χ0v) is 22.3. The van der Waals surface area contributed by atoms with Crippen LogP contribution in [0.5, 0.6) is 5.75 Å². The number of hydrogen-bond acceptors (Lipinski definition) is 4. The lowest BCUT2D eigenvalue weighted by Crippen LogP contribution is -2.61. The number of ether oxygens (including phenoxy) is 2. The highest BCUT2D eigenvalue weighted by Gasteiger charge is 2.50. The summed E-state index contributed by atoms with van der Waals surface area (Å²) in [5.74, 6) is 0.533. The van der Waals surface area contributed by atoms with Crippen molar-refractivity contribution in [3.8, 4) is 16.9 Å². The molecule has 3 aromatic carbocycles. The van der Waals surface area contributed by atoms with Crippen LogP contribution in [0, 0.1) is 0 Å². The van der Waals surface area contributed by atoms with Crippen LogP contribution in [-0.4, -0.2) is 28.4 Å². The second-order valence-electron chi connectivity index (χ2n) is 11.2. The molecule has 2 heterocycles. The van der Waals surface area contributed by atoms with Gasteiger partial charge in [-0.1, -0.05) is 54.9 Å². The molecular weight excluding hydrogens is 474 g/mol. The molecule has 6 heteroatoms. The third kappa shape index (κ3) is 3.95. The number of amides is 1. The predicted molar refractivity (Wildman–Crippen MR) is 143 cm³/mol. The van der Waals surface area contributed by atoms with Gasteiger partial charge in [-0.15, -0.1) is 0 Å². The van der Waals surface area contributed by atoms with Crippen LogP contribution in [0.25, 0.3) is 11.1 Å². The second-order valence-corrected chi connectivity index (χ2v) is 11.6. The summed E-state index contributed by atoms with van der Waals surface area (Å²) in [5, 5.41) is 12.2. The number of aliphatic hydroxyl groups excluding tert-OH is 1. The van der Waals surface area contributed by atoms with Crippen LogP contribution in [0.3, 0.4) is 0 Å². The zero-order valence-electron chi connectivity index (χ0n) is 21.5. The number of carbonyl (C=O) groups excluding carboxylic acids is 1. The molecule has 0 aromatic heterocycles. The van der Waals surface area contributed by atoms with E-state index in [1.165, 1.54) is 0 Å². The number of anilines is 1. The predicted octanol–water partition coefficient (Wildman–Crippen LogP) is 7.49. The van der Waals surface area contributed by atoms with Crippen molar-refractivity contribution in [1.82, 2.24) is 0 Å². The van der Waals surface area contributed by atoms with E-state index >= 15 is 0 Å². The zero-order chi connectivity index (χ0) is 26.0. The lowest BCUT2D eigenvalue weighted by molar-refractivity contribution is 0.0334. The topological polar surface area (TPSA) is 59.0 Å². The van der Waals surface area contributed by atoms with Gasteiger partial charge in [0.15, 0.2) is 0 Å². The summed E-state index contributed by atoms with van der Waals surface area (Å²) in [6, 6.07) is 19.6. The quantitative estimate of drug-likeness (QED) is 0.372. The number of fused-ring (bicyclic) bond motifs is 5. The maximum Gasteiger partial charge on any atom is 0.415 e. The number of benzene rings is 3. The molecule has 0 saturated heterocycles. The highest BCUT2D eigenvalue weighted by Crippen LogP contribution is 2.54. The van der Waals surface area contributed by atoms with Crippen molar-refractivity contribution in [3.05, 3.63) is 82.4 Å². The SMILES string of the molecule is C[C@@H]1c2c(ccc3c2[C@H](c2ccc(Cl)cc2)Oc2ccccc2-3)N(C(=O)OC(C)(C)C)C(C)(C)[C@H]1O. The van der Waals surface area contributed by atoms with E-state index in [9.17, 15) is 9.90 Å². The minimum absolute atomic E-state index is 0.257. The first-order chi connectivity index (χ1) is 16.9. The molecule has 0 unspecified atom stereocenters. The average Bonchev–Trinajstić information content (AvgIpc) is 2.81. The van der Waals surface area contributed by atoms with Gasteiger partial charge in [0.2, 0.25) is 0 Å². The molecule has 3 aromatic rings. The minimum atomic E-state index is -0.883. The van der Waals surface area contributed by atoms with Crippen LogP contribution in [-0.2, 0) is 4.74 Å². The van der Waals surface area contributed by atoms with Gasteiger partial charge < -0.3 is 14.6 Å². The molecule has 188 valence electrons. The smallest absolute Gasteiger partial charge is 0.415 e. The summed E-state index contributed by atoms with van der Waals surface area (Å²) < 4.78 is 12.4. The van der Waals surface area contributed by atoms with E-state index in [4.69, 9.17) is 21.1 Å². The standard InChI is InChI=1S/C30H32ClNO4/c1-17-24-22(32(30(5,6)27(17)33)28(34)36-29(2,3)4)16-15-21-20-9-7-8-10-23(20)35-26(25(21)24)18-11-13-19(31)14-12-18/h7-17,26-27,33H,1-6H3/t17-,26+,27+/m1/s1. The Kier molecular flexibility index (Phi) is 5.85. The van der Waals surface area contributed by atoms with Gasteiger partial charge in [-0.25, -0.2) is 4.79 Å². The summed E-state index contributed by atoms with van der Waals surface area (Å²) in [6.07, 6.45) is -1.75. The van der Waals surface area contributed by atoms with Crippen molar-refractivity contribution in [2.24, 2.45) is 0 Å². The van der Waals surface area contributed by atoms with Crippen molar-refractivity contribution in [2.45, 2.75) is 70.8 Å². The van der Waals surface area contributed by atoms with Crippen LogP contribution in [0.1, 0.15) is 70.3 Å². The van der Waals surface area contributed by atoms with Gasteiger partial charge in [0.1, 0.15) is 17.5 Å². The molecule has 0 spiro atoms. The Bertz CT molecular complexity index is 1330. The Labute approximate surface area is 217 Å². The van der Waals surface area contributed by atoms with Crippen molar-refractivity contribution < 1.29 is 19.4 Å². The number of nitrogens with zero attached hydrogens (tertiary/aromatic N) is 1. The molecule has 36 heavy (non-hydrogen) atoms. The Hall–Kier alpha value is -3.02. The summed E-state index contributed by atoms with van der Waals surface area (Å²) in [6.45, 7) is 11.3. The molecule has 0 bridgehead atoms. The number of para-hydroxylation sites is 1. The Morgan fingerprint density at radius 1 is 1.00 bits per heavy atom. The van der Waals surface area contributed by atoms with E-state index in [2.05, 4.69) is 6.07 Å². The highest BCUT2D eigenvalue weighted by molar-refractivity contribution is 6.30. The summed E-state index contributed by atoms with van der Waals surface area (Å²) in [7, 11) is 0. The van der Waals surface area contributed by atoms with Crippen molar-refractivity contribution in [2.75, 3.05) is 4.90 Å². The maximum atomic E-state index is 13.5. The first-order valence-electron chi connectivity index (χ1n) is 12.3. The Morgan fingerprint density at radius 2 is 1.67 bits per heavy atom. The first kappa shape index (κ1) is 24.7. The van der Waals surface area contributed by atoms with Crippen LogP contribution >= 0.6 is 11.6 Å². The van der Waals surface area contributed by atoms with Crippen molar-refractivity contribution in [3.63, 3.8) is 0 Å². The van der Waals surface area contributed by atoms with Gasteiger partial charge >= 0.3 is 6.09 Å². The molecule has 0 radical (unpaired) electrons. The molecule has 1 N–H and O–H groups in total. The molecule has 5 nitrogen and oxygen atoms in total. The van der Waals surface area contributed by atoms with E-state index in [0.29, 0.717) is 5.02 Å². The van der Waals surface area contributed by atoms with Crippen molar-refractivity contribution in [1.29, 1.82) is 0 Å². The second kappa shape index (κ2) is 8.53. The molecule has 0 saturated carbocycles. The molecule has 2 aliphatic rings. The fourth-order valence-corrected chi connectivity index (χ4v) is 5.65. The van der Waals surface area contributed by atoms with Gasteiger partial charge in [-0.2, -0.15) is 0 Å². The van der Waals surface area contributed by atoms with Crippen molar-refractivity contribution >= 4 is 23.4 Å². The summed E-state index contributed by atoms with van der Waals surface area (Å²) >= 11 is 6.20. The molecule has 0 fully saturated rings. The Balaban J connectivity index is 1.79. The number of carbonyl (C=O) groups is 1. The van der Waals surface area contributed by atoms with E-state index < -0.39 is 29.4 Å². The van der Waals surface area contributed by atoms with Gasteiger partial charge in [0, 0.05) is 22.1 Å². The van der Waals surface area contributed by atoms with E-state index in [1.54, 1.807) is 4.90 Å². The van der Waals surface area contributed by atoms with E-state index in [0.717, 1.165) is 39.3 Å². The molecular formula is C30H32ClNO4. The lowest BCUT2D eigenvalue weighted by Gasteiger charge is -2.50. The number of rotatable bonds is 1. The molecule has 1 amide bonds. The van der Waals surface area contributed by atoms with E-state index in [-0.39, 0.29) is 5.92 Å². The number of aliphatic hydroxyl groups is 1. The van der Waals surface area contributed by atoms with Gasteiger partial charge in [-0.3, -0.25) is 4.90 Å². The van der Waals surface area contributed by atoms with Crippen LogP contribution in [0.15, 0.2) is 60.7 Å². The molecule has 2 aliphatic heterocycles. The average molecular weight is 506 g/mol. The lowest BCUT2D eigenvalue weighted by atomic mass is 9.72. The fraction of sp³-hybridized carbons (Fsp3) is 0.367. The van der Waals surface area contributed by atoms with Gasteiger partial charge in [-0.05, 0) is 75.6 Å². The largest absolute Gasteiger partial charge is 0.480 e. The van der Waals surface area contributed by atoms with Gasteiger partial charge in [0.05, 0.1) is 17.3 Å². The number of hydrogen-bond donors (Lipinski definition) is 1. The fourth-order valence-electron chi connectivity index (χ4n) is 5.52. The third-order valence-electron chi connectivity index (χ3n) is 7.17. The number of halogens is 1.